The van der Waals surface area contributed by atoms with E-state index in [9.17, 15) is 34.3 Å². The Labute approximate surface area is 166 Å². The SMILES string of the molecule is O=NC(=O)[C@H](CCC(=O)O)NC(=O)N[C@@H](Cc1ccc(O)c(I)c1)C(=O)O. The highest BCUT2D eigenvalue weighted by molar-refractivity contribution is 14.1. The van der Waals surface area contributed by atoms with Crippen molar-refractivity contribution in [1.29, 1.82) is 0 Å². The second kappa shape index (κ2) is 10.4. The van der Waals surface area contributed by atoms with Crippen molar-refractivity contribution < 1.29 is 34.5 Å². The Hall–Kier alpha value is -2.77. The molecule has 12 heteroatoms. The average molecular weight is 493 g/mol. The Morgan fingerprint density at radius 2 is 1.74 bits per heavy atom. The Bertz CT molecular complexity index is 755. The smallest absolute Gasteiger partial charge is 0.326 e. The molecule has 0 saturated heterocycles. The number of nitrogens with zero attached hydrogens (tertiary/aromatic N) is 1. The summed E-state index contributed by atoms with van der Waals surface area (Å²) in [6, 6.07) is 0.492. The third-order valence-corrected chi connectivity index (χ3v) is 4.26. The molecule has 0 aromatic heterocycles. The van der Waals surface area contributed by atoms with E-state index in [2.05, 4.69) is 15.8 Å². The summed E-state index contributed by atoms with van der Waals surface area (Å²) >= 11 is 1.86. The number of phenolic OH excluding ortho intramolecular Hbond substituents is 1. The third kappa shape index (κ3) is 7.55. The van der Waals surface area contributed by atoms with Gasteiger partial charge in [0.2, 0.25) is 0 Å². The van der Waals surface area contributed by atoms with Crippen molar-refractivity contribution >= 4 is 46.5 Å². The van der Waals surface area contributed by atoms with Crippen LogP contribution in [-0.2, 0) is 20.8 Å². The van der Waals surface area contributed by atoms with E-state index in [1.54, 1.807) is 6.07 Å². The van der Waals surface area contributed by atoms with Crippen LogP contribution in [0, 0.1) is 8.48 Å². The highest BCUT2D eigenvalue weighted by Gasteiger charge is 2.26. The molecule has 1 aromatic carbocycles. The maximum Gasteiger partial charge on any atom is 0.326 e. The number of benzene rings is 1. The number of halogens is 1. The lowest BCUT2D eigenvalue weighted by Gasteiger charge is -2.18. The van der Waals surface area contributed by atoms with E-state index in [-0.39, 0.29) is 18.6 Å². The number of carboxylic acids is 2. The van der Waals surface area contributed by atoms with Gasteiger partial charge in [-0.3, -0.25) is 9.59 Å². The van der Waals surface area contributed by atoms with Gasteiger partial charge in [-0.25, -0.2) is 9.59 Å². The number of amides is 3. The first-order valence-electron chi connectivity index (χ1n) is 7.50. The lowest BCUT2D eigenvalue weighted by Crippen LogP contribution is -2.51. The molecule has 0 aliphatic rings. The lowest BCUT2D eigenvalue weighted by molar-refractivity contribution is -0.139. The topological polar surface area (TPSA) is 182 Å². The number of urea groups is 1. The fraction of sp³-hybridized carbons (Fsp3) is 0.333. The molecular weight excluding hydrogens is 477 g/mol. The van der Waals surface area contributed by atoms with E-state index < -0.39 is 42.4 Å². The van der Waals surface area contributed by atoms with Crippen molar-refractivity contribution in [2.75, 3.05) is 0 Å². The molecule has 0 fully saturated rings. The molecule has 0 unspecified atom stereocenters. The molecule has 0 spiro atoms. The van der Waals surface area contributed by atoms with Crippen LogP contribution in [0.4, 0.5) is 4.79 Å². The molecule has 11 nitrogen and oxygen atoms in total. The van der Waals surface area contributed by atoms with Crippen LogP contribution in [0.5, 0.6) is 5.75 Å². The molecule has 0 aliphatic carbocycles. The summed E-state index contributed by atoms with van der Waals surface area (Å²) in [6.07, 6.45) is -0.986. The zero-order chi connectivity index (χ0) is 20.6. The van der Waals surface area contributed by atoms with Crippen LogP contribution < -0.4 is 10.6 Å². The van der Waals surface area contributed by atoms with Gasteiger partial charge in [-0.2, -0.15) is 0 Å². The van der Waals surface area contributed by atoms with Crippen molar-refractivity contribution in [3.05, 3.63) is 32.2 Å². The molecule has 27 heavy (non-hydrogen) atoms. The molecule has 0 heterocycles. The van der Waals surface area contributed by atoms with Crippen molar-refractivity contribution in [2.24, 2.45) is 5.18 Å². The largest absolute Gasteiger partial charge is 0.507 e. The van der Waals surface area contributed by atoms with Gasteiger partial charge in [-0.05, 0) is 46.7 Å². The predicted molar refractivity (Wildman–Crippen MR) is 99.1 cm³/mol. The van der Waals surface area contributed by atoms with Crippen LogP contribution in [0.2, 0.25) is 0 Å². The molecule has 0 radical (unpaired) electrons. The Balaban J connectivity index is 2.79. The van der Waals surface area contributed by atoms with E-state index >= 15 is 0 Å². The Morgan fingerprint density at radius 3 is 2.26 bits per heavy atom. The Kier molecular flexibility index (Phi) is 8.58. The number of phenols is 1. The lowest BCUT2D eigenvalue weighted by atomic mass is 10.1. The quantitative estimate of drug-likeness (QED) is 0.247. The number of aliphatic carboxylic acids is 2. The zero-order valence-corrected chi connectivity index (χ0v) is 15.9. The van der Waals surface area contributed by atoms with E-state index in [4.69, 9.17) is 5.11 Å². The number of hydrogen-bond donors (Lipinski definition) is 5. The van der Waals surface area contributed by atoms with E-state index in [1.807, 2.05) is 22.6 Å². The normalized spacial score (nSPS) is 12.5. The van der Waals surface area contributed by atoms with Gasteiger partial charge in [0.05, 0.1) is 3.57 Å². The van der Waals surface area contributed by atoms with Crippen LogP contribution in [0.1, 0.15) is 18.4 Å². The van der Waals surface area contributed by atoms with Gasteiger partial charge in [0.15, 0.2) is 0 Å². The van der Waals surface area contributed by atoms with E-state index in [0.717, 1.165) is 0 Å². The van der Waals surface area contributed by atoms with Crippen molar-refractivity contribution in [1.82, 2.24) is 10.6 Å². The van der Waals surface area contributed by atoms with E-state index in [0.29, 0.717) is 9.13 Å². The van der Waals surface area contributed by atoms with Gasteiger partial charge in [0.1, 0.15) is 17.8 Å². The number of rotatable bonds is 9. The minimum absolute atomic E-state index is 0.0260. The second-order valence-electron chi connectivity index (χ2n) is 5.41. The first-order valence-corrected chi connectivity index (χ1v) is 8.58. The third-order valence-electron chi connectivity index (χ3n) is 3.40. The first-order chi connectivity index (χ1) is 12.6. The maximum atomic E-state index is 12.0. The van der Waals surface area contributed by atoms with Crippen molar-refractivity contribution in [3.8, 4) is 5.75 Å². The standard InChI is InChI=1S/C15H16IN3O8/c16-8-5-7(1-3-11(8)20)6-10(14(24)25)18-15(26)17-9(13(23)19-27)2-4-12(21)22/h1,3,5,9-10,20H,2,4,6H2,(H,21,22)(H,24,25)(H2,17,18,26)/t9-,10-/m0/s1. The summed E-state index contributed by atoms with van der Waals surface area (Å²) in [6.45, 7) is 0. The van der Waals surface area contributed by atoms with Crippen LogP contribution in [-0.4, -0.2) is 51.3 Å². The molecule has 0 aliphatic heterocycles. The summed E-state index contributed by atoms with van der Waals surface area (Å²) in [5, 5.41) is 33.7. The summed E-state index contributed by atoms with van der Waals surface area (Å²) in [7, 11) is 0. The summed E-state index contributed by atoms with van der Waals surface area (Å²) in [5.74, 6) is -3.84. The van der Waals surface area contributed by atoms with Gasteiger partial charge < -0.3 is 26.0 Å². The fourth-order valence-corrected chi connectivity index (χ4v) is 2.64. The van der Waals surface area contributed by atoms with Crippen LogP contribution in [0.3, 0.4) is 0 Å². The molecule has 1 aromatic rings. The van der Waals surface area contributed by atoms with Crippen LogP contribution >= 0.6 is 22.6 Å². The number of hydrogen-bond acceptors (Lipinski definition) is 6. The average Bonchev–Trinajstić information content (AvgIpc) is 2.60. The maximum absolute atomic E-state index is 12.0. The molecule has 146 valence electrons. The molecular formula is C15H16IN3O8. The van der Waals surface area contributed by atoms with Crippen LogP contribution in [0.15, 0.2) is 23.4 Å². The summed E-state index contributed by atoms with van der Waals surface area (Å²) < 4.78 is 0.495. The molecule has 0 saturated carbocycles. The Morgan fingerprint density at radius 1 is 1.11 bits per heavy atom. The first kappa shape index (κ1) is 22.3. The monoisotopic (exact) mass is 493 g/mol. The fourth-order valence-electron chi connectivity index (χ4n) is 2.06. The van der Waals surface area contributed by atoms with Gasteiger partial charge in [-0.1, -0.05) is 6.07 Å². The number of aromatic hydroxyl groups is 1. The van der Waals surface area contributed by atoms with Crippen LogP contribution in [0.25, 0.3) is 0 Å². The van der Waals surface area contributed by atoms with Gasteiger partial charge in [0.25, 0.3) is 0 Å². The van der Waals surface area contributed by atoms with Gasteiger partial charge >= 0.3 is 23.9 Å². The minimum Gasteiger partial charge on any atom is -0.507 e. The highest BCUT2D eigenvalue weighted by atomic mass is 127. The highest BCUT2D eigenvalue weighted by Crippen LogP contribution is 2.21. The molecule has 1 rings (SSSR count). The number of nitrogens with one attached hydrogen (secondary N) is 2. The second-order valence-corrected chi connectivity index (χ2v) is 6.58. The zero-order valence-electron chi connectivity index (χ0n) is 13.7. The van der Waals surface area contributed by atoms with Crippen molar-refractivity contribution in [2.45, 2.75) is 31.3 Å². The molecule has 2 atom stereocenters. The van der Waals surface area contributed by atoms with Gasteiger partial charge in [-0.15, -0.1) is 4.91 Å². The van der Waals surface area contributed by atoms with Crippen molar-refractivity contribution in [3.63, 3.8) is 0 Å². The minimum atomic E-state index is -1.48. The number of nitroso groups, excluding NO2 is 1. The molecule has 0 bridgehead atoms. The van der Waals surface area contributed by atoms with Gasteiger partial charge in [0, 0.05) is 18.0 Å². The number of carbonyl (C=O) groups excluding carboxylic acids is 2. The number of carboxylic acid groups (broad SMARTS) is 2. The predicted octanol–water partition coefficient (Wildman–Crippen LogP) is 0.818. The number of carbonyl (C=O) groups is 4. The summed E-state index contributed by atoms with van der Waals surface area (Å²) in [4.78, 5) is 55.7. The molecule has 3 amide bonds. The van der Waals surface area contributed by atoms with E-state index in [1.165, 1.54) is 12.1 Å². The molecule has 5 N–H and O–H groups in total. The summed E-state index contributed by atoms with van der Waals surface area (Å²) in [5.41, 5.74) is 0.526.